The van der Waals surface area contributed by atoms with Crippen molar-refractivity contribution in [2.75, 3.05) is 0 Å². The van der Waals surface area contributed by atoms with Crippen LogP contribution in [0.1, 0.15) is 38.3 Å². The molecule has 0 saturated heterocycles. The summed E-state index contributed by atoms with van der Waals surface area (Å²) in [6, 6.07) is 6.24. The van der Waals surface area contributed by atoms with Crippen molar-refractivity contribution in [2.24, 2.45) is 5.73 Å². The third-order valence-electron chi connectivity index (χ3n) is 3.02. The Labute approximate surface area is 107 Å². The lowest BCUT2D eigenvalue weighted by Crippen LogP contribution is -2.14. The average Bonchev–Trinajstić information content (AvgIpc) is 2.57. The predicted molar refractivity (Wildman–Crippen MR) is 73.5 cm³/mol. The SMILES string of the molecule is Cc1ccc(C(N)c2cc(C)sc2C)c(C)n1. The third-order valence-corrected chi connectivity index (χ3v) is 4.00. The molecule has 0 aliphatic carbocycles. The van der Waals surface area contributed by atoms with Gasteiger partial charge in [-0.25, -0.2) is 0 Å². The summed E-state index contributed by atoms with van der Waals surface area (Å²) in [5.41, 5.74) is 10.8. The van der Waals surface area contributed by atoms with E-state index in [0.717, 1.165) is 17.0 Å². The first-order valence-corrected chi connectivity index (χ1v) is 6.57. The monoisotopic (exact) mass is 246 g/mol. The van der Waals surface area contributed by atoms with Crippen molar-refractivity contribution in [3.63, 3.8) is 0 Å². The van der Waals surface area contributed by atoms with Crippen LogP contribution in [0.2, 0.25) is 0 Å². The van der Waals surface area contributed by atoms with E-state index in [1.165, 1.54) is 15.3 Å². The fourth-order valence-electron chi connectivity index (χ4n) is 2.15. The second-order valence-corrected chi connectivity index (χ2v) is 5.93. The van der Waals surface area contributed by atoms with Crippen molar-refractivity contribution in [3.8, 4) is 0 Å². The van der Waals surface area contributed by atoms with Gasteiger partial charge in [0.25, 0.3) is 0 Å². The predicted octanol–water partition coefficient (Wildman–Crippen LogP) is 3.42. The number of aromatic nitrogens is 1. The Morgan fingerprint density at radius 1 is 1.12 bits per heavy atom. The number of rotatable bonds is 2. The summed E-state index contributed by atoms with van der Waals surface area (Å²) in [7, 11) is 0. The van der Waals surface area contributed by atoms with E-state index in [-0.39, 0.29) is 6.04 Å². The van der Waals surface area contributed by atoms with E-state index in [2.05, 4.69) is 31.0 Å². The van der Waals surface area contributed by atoms with Gasteiger partial charge in [0.2, 0.25) is 0 Å². The highest BCUT2D eigenvalue weighted by Gasteiger charge is 2.16. The summed E-state index contributed by atoms with van der Waals surface area (Å²) < 4.78 is 0. The molecule has 0 aromatic carbocycles. The number of hydrogen-bond acceptors (Lipinski definition) is 3. The highest BCUT2D eigenvalue weighted by molar-refractivity contribution is 7.12. The van der Waals surface area contributed by atoms with E-state index in [1.54, 1.807) is 11.3 Å². The van der Waals surface area contributed by atoms with Crippen LogP contribution < -0.4 is 5.73 Å². The van der Waals surface area contributed by atoms with Gasteiger partial charge in [0.1, 0.15) is 0 Å². The maximum atomic E-state index is 6.35. The van der Waals surface area contributed by atoms with Crippen LogP contribution in [0.5, 0.6) is 0 Å². The molecule has 90 valence electrons. The van der Waals surface area contributed by atoms with Crippen molar-refractivity contribution >= 4 is 11.3 Å². The number of hydrogen-bond donors (Lipinski definition) is 1. The Hall–Kier alpha value is -1.19. The summed E-state index contributed by atoms with van der Waals surface area (Å²) in [4.78, 5) is 7.09. The van der Waals surface area contributed by atoms with E-state index >= 15 is 0 Å². The Morgan fingerprint density at radius 2 is 1.82 bits per heavy atom. The molecule has 0 fully saturated rings. The maximum absolute atomic E-state index is 6.35. The number of pyridine rings is 1. The molecule has 2 rings (SSSR count). The molecule has 1 atom stereocenters. The van der Waals surface area contributed by atoms with E-state index in [4.69, 9.17) is 5.73 Å². The van der Waals surface area contributed by atoms with Crippen molar-refractivity contribution in [2.45, 2.75) is 33.7 Å². The van der Waals surface area contributed by atoms with Crippen LogP contribution >= 0.6 is 11.3 Å². The van der Waals surface area contributed by atoms with Crippen molar-refractivity contribution < 1.29 is 0 Å². The molecule has 0 saturated carbocycles. The second-order valence-electron chi connectivity index (χ2n) is 4.47. The van der Waals surface area contributed by atoms with Gasteiger partial charge in [-0.15, -0.1) is 11.3 Å². The molecule has 2 aromatic heterocycles. The normalized spacial score (nSPS) is 12.8. The van der Waals surface area contributed by atoms with Crippen LogP contribution in [0, 0.1) is 27.7 Å². The molecule has 0 radical (unpaired) electrons. The van der Waals surface area contributed by atoms with Crippen LogP contribution in [-0.2, 0) is 0 Å². The van der Waals surface area contributed by atoms with Crippen molar-refractivity contribution in [1.29, 1.82) is 0 Å². The number of aryl methyl sites for hydroxylation is 4. The minimum absolute atomic E-state index is 0.0620. The third kappa shape index (κ3) is 2.40. The fourth-order valence-corrected chi connectivity index (χ4v) is 3.13. The lowest BCUT2D eigenvalue weighted by Gasteiger charge is -2.14. The Morgan fingerprint density at radius 3 is 2.35 bits per heavy atom. The Bertz CT molecular complexity index is 543. The zero-order chi connectivity index (χ0) is 12.6. The first-order valence-electron chi connectivity index (χ1n) is 5.75. The van der Waals surface area contributed by atoms with Gasteiger partial charge in [0.05, 0.1) is 6.04 Å². The van der Waals surface area contributed by atoms with Crippen LogP contribution in [0.3, 0.4) is 0 Å². The molecule has 2 nitrogen and oxygen atoms in total. The van der Waals surface area contributed by atoms with Gasteiger partial charge in [-0.3, -0.25) is 4.98 Å². The van der Waals surface area contributed by atoms with Crippen LogP contribution in [0.25, 0.3) is 0 Å². The van der Waals surface area contributed by atoms with Gasteiger partial charge in [-0.2, -0.15) is 0 Å². The second kappa shape index (κ2) is 4.59. The first-order chi connectivity index (χ1) is 7.99. The molecule has 2 aromatic rings. The summed E-state index contributed by atoms with van der Waals surface area (Å²) >= 11 is 1.80. The molecule has 0 amide bonds. The molecule has 17 heavy (non-hydrogen) atoms. The summed E-state index contributed by atoms with van der Waals surface area (Å²) in [6.45, 7) is 8.27. The average molecular weight is 246 g/mol. The smallest absolute Gasteiger partial charge is 0.0580 e. The van der Waals surface area contributed by atoms with Gasteiger partial charge in [0, 0.05) is 21.1 Å². The van der Waals surface area contributed by atoms with Gasteiger partial charge in [-0.05, 0) is 51.0 Å². The molecule has 2 N–H and O–H groups in total. The molecular formula is C14H18N2S. The van der Waals surface area contributed by atoms with Crippen molar-refractivity contribution in [3.05, 3.63) is 50.5 Å². The van der Waals surface area contributed by atoms with Crippen LogP contribution in [0.4, 0.5) is 0 Å². The molecule has 0 bridgehead atoms. The van der Waals surface area contributed by atoms with E-state index < -0.39 is 0 Å². The Balaban J connectivity index is 2.43. The summed E-state index contributed by atoms with van der Waals surface area (Å²) in [5, 5.41) is 0. The van der Waals surface area contributed by atoms with E-state index in [9.17, 15) is 0 Å². The van der Waals surface area contributed by atoms with E-state index in [1.807, 2.05) is 19.9 Å². The highest BCUT2D eigenvalue weighted by atomic mass is 32.1. The molecule has 2 heterocycles. The minimum atomic E-state index is -0.0620. The quantitative estimate of drug-likeness (QED) is 0.881. The number of nitrogens with zero attached hydrogens (tertiary/aromatic N) is 1. The van der Waals surface area contributed by atoms with Crippen LogP contribution in [-0.4, -0.2) is 4.98 Å². The van der Waals surface area contributed by atoms with Gasteiger partial charge in [-0.1, -0.05) is 6.07 Å². The number of nitrogens with two attached hydrogens (primary N) is 1. The van der Waals surface area contributed by atoms with E-state index in [0.29, 0.717) is 0 Å². The summed E-state index contributed by atoms with van der Waals surface area (Å²) in [5.74, 6) is 0. The molecule has 0 spiro atoms. The molecule has 0 aliphatic rings. The van der Waals surface area contributed by atoms with Gasteiger partial charge in [0.15, 0.2) is 0 Å². The Kier molecular flexibility index (Phi) is 3.31. The first kappa shape index (κ1) is 12.3. The standard InChI is InChI=1S/C14H18N2S/c1-8-5-6-12(10(3)16-8)14(15)13-7-9(2)17-11(13)4/h5-7,14H,15H2,1-4H3. The lowest BCUT2D eigenvalue weighted by atomic mass is 9.98. The molecule has 1 unspecified atom stereocenters. The largest absolute Gasteiger partial charge is 0.320 e. The number of thiophene rings is 1. The van der Waals surface area contributed by atoms with Gasteiger partial charge >= 0.3 is 0 Å². The zero-order valence-corrected chi connectivity index (χ0v) is 11.6. The van der Waals surface area contributed by atoms with Gasteiger partial charge < -0.3 is 5.73 Å². The maximum Gasteiger partial charge on any atom is 0.0580 e. The topological polar surface area (TPSA) is 38.9 Å². The lowest BCUT2D eigenvalue weighted by molar-refractivity contribution is 0.842. The molecule has 3 heteroatoms. The minimum Gasteiger partial charge on any atom is -0.320 e. The molecular weight excluding hydrogens is 228 g/mol. The van der Waals surface area contributed by atoms with Crippen molar-refractivity contribution in [1.82, 2.24) is 4.98 Å². The zero-order valence-electron chi connectivity index (χ0n) is 10.7. The van der Waals surface area contributed by atoms with Crippen LogP contribution in [0.15, 0.2) is 18.2 Å². The highest BCUT2D eigenvalue weighted by Crippen LogP contribution is 2.30. The molecule has 0 aliphatic heterocycles. The fraction of sp³-hybridized carbons (Fsp3) is 0.357. The summed E-state index contributed by atoms with van der Waals surface area (Å²) in [6.07, 6.45) is 0.